The van der Waals surface area contributed by atoms with Gasteiger partial charge in [0.2, 0.25) is 0 Å². The number of esters is 1. The first-order valence-electron chi connectivity index (χ1n) is 5.81. The molecule has 0 fully saturated rings. The van der Waals surface area contributed by atoms with Crippen LogP contribution in [0.4, 0.5) is 5.69 Å². The van der Waals surface area contributed by atoms with Crippen molar-refractivity contribution in [3.05, 3.63) is 28.2 Å². The Morgan fingerprint density at radius 1 is 1.47 bits per heavy atom. The Kier molecular flexibility index (Phi) is 5.48. The minimum atomic E-state index is -0.289. The van der Waals surface area contributed by atoms with Crippen LogP contribution in [0.15, 0.2) is 22.7 Å². The summed E-state index contributed by atoms with van der Waals surface area (Å²) in [6.07, 6.45) is 1.05. The molecule has 0 aliphatic heterocycles. The molecule has 1 aromatic carbocycles. The number of benzene rings is 1. The molecule has 1 rings (SSSR count). The van der Waals surface area contributed by atoms with Gasteiger partial charge in [-0.15, -0.1) is 0 Å². The summed E-state index contributed by atoms with van der Waals surface area (Å²) in [6, 6.07) is 5.85. The van der Waals surface area contributed by atoms with Crippen molar-refractivity contribution in [3.8, 4) is 0 Å². The molecule has 17 heavy (non-hydrogen) atoms. The van der Waals surface area contributed by atoms with E-state index in [4.69, 9.17) is 4.74 Å². The first-order chi connectivity index (χ1) is 8.08. The van der Waals surface area contributed by atoms with Crippen molar-refractivity contribution in [2.24, 2.45) is 0 Å². The highest BCUT2D eigenvalue weighted by Gasteiger charge is 2.09. The Hall–Kier alpha value is -1.03. The van der Waals surface area contributed by atoms with Gasteiger partial charge in [0.1, 0.15) is 0 Å². The molecular weight excluding hydrogens is 282 g/mol. The Morgan fingerprint density at radius 2 is 2.18 bits per heavy atom. The average molecular weight is 300 g/mol. The molecule has 0 radical (unpaired) electrons. The predicted octanol–water partition coefficient (Wildman–Crippen LogP) is 3.84. The van der Waals surface area contributed by atoms with Crippen LogP contribution in [0.1, 0.15) is 37.6 Å². The van der Waals surface area contributed by atoms with Gasteiger partial charge in [-0.25, -0.2) is 4.79 Å². The second kappa shape index (κ2) is 6.64. The zero-order valence-electron chi connectivity index (χ0n) is 10.4. The van der Waals surface area contributed by atoms with E-state index in [1.165, 1.54) is 0 Å². The molecule has 1 unspecified atom stereocenters. The fraction of sp³-hybridized carbons (Fsp3) is 0.462. The zero-order valence-corrected chi connectivity index (χ0v) is 12.0. The molecule has 0 amide bonds. The number of rotatable bonds is 5. The maximum absolute atomic E-state index is 11.5. The van der Waals surface area contributed by atoms with Crippen LogP contribution in [0.2, 0.25) is 0 Å². The third kappa shape index (κ3) is 4.04. The van der Waals surface area contributed by atoms with Gasteiger partial charge in [0.25, 0.3) is 0 Å². The lowest BCUT2D eigenvalue weighted by atomic mass is 10.2. The number of ether oxygens (including phenoxy) is 1. The Morgan fingerprint density at radius 3 is 2.71 bits per heavy atom. The molecule has 1 aromatic rings. The molecule has 1 N–H and O–H groups in total. The molecule has 4 heteroatoms. The van der Waals surface area contributed by atoms with Gasteiger partial charge in [-0.2, -0.15) is 0 Å². The van der Waals surface area contributed by atoms with Crippen molar-refractivity contribution in [2.45, 2.75) is 33.2 Å². The lowest BCUT2D eigenvalue weighted by Crippen LogP contribution is -2.14. The number of halogens is 1. The highest BCUT2D eigenvalue weighted by atomic mass is 79.9. The van der Waals surface area contributed by atoms with Gasteiger partial charge < -0.3 is 10.1 Å². The Balaban J connectivity index is 2.82. The summed E-state index contributed by atoms with van der Waals surface area (Å²) in [5.41, 5.74) is 1.56. The first kappa shape index (κ1) is 14.0. The number of carbonyl (C=O) groups is 1. The van der Waals surface area contributed by atoms with Crippen molar-refractivity contribution in [2.75, 3.05) is 11.9 Å². The van der Waals surface area contributed by atoms with E-state index in [9.17, 15) is 4.79 Å². The molecule has 0 aliphatic rings. The van der Waals surface area contributed by atoms with Crippen LogP contribution in [0, 0.1) is 0 Å². The van der Waals surface area contributed by atoms with E-state index in [1.807, 2.05) is 6.07 Å². The fourth-order valence-electron chi connectivity index (χ4n) is 1.34. The minimum absolute atomic E-state index is 0.289. The van der Waals surface area contributed by atoms with Crippen LogP contribution in [0.25, 0.3) is 0 Å². The van der Waals surface area contributed by atoms with Gasteiger partial charge in [0, 0.05) is 16.2 Å². The summed E-state index contributed by atoms with van der Waals surface area (Å²) in [5.74, 6) is -0.289. The van der Waals surface area contributed by atoms with E-state index in [0.29, 0.717) is 18.2 Å². The SMILES string of the molecule is CCOC(=O)c1ccc(NC(C)CC)c(Br)c1. The topological polar surface area (TPSA) is 38.3 Å². The van der Waals surface area contributed by atoms with E-state index in [1.54, 1.807) is 19.1 Å². The Labute approximate surface area is 111 Å². The number of nitrogens with one attached hydrogen (secondary N) is 1. The quantitative estimate of drug-likeness (QED) is 0.840. The number of hydrogen-bond donors (Lipinski definition) is 1. The van der Waals surface area contributed by atoms with E-state index in [0.717, 1.165) is 16.6 Å². The van der Waals surface area contributed by atoms with E-state index in [2.05, 4.69) is 35.1 Å². The van der Waals surface area contributed by atoms with E-state index >= 15 is 0 Å². The summed E-state index contributed by atoms with van der Waals surface area (Å²) in [5, 5.41) is 3.36. The molecule has 94 valence electrons. The van der Waals surface area contributed by atoms with Crippen molar-refractivity contribution in [3.63, 3.8) is 0 Å². The monoisotopic (exact) mass is 299 g/mol. The molecule has 0 saturated heterocycles. The van der Waals surface area contributed by atoms with Crippen LogP contribution >= 0.6 is 15.9 Å². The second-order valence-corrected chi connectivity index (χ2v) is 4.72. The average Bonchev–Trinajstić information content (AvgIpc) is 2.31. The molecule has 0 bridgehead atoms. The largest absolute Gasteiger partial charge is 0.462 e. The maximum atomic E-state index is 11.5. The number of hydrogen-bond acceptors (Lipinski definition) is 3. The molecule has 1 atom stereocenters. The zero-order chi connectivity index (χ0) is 12.8. The summed E-state index contributed by atoms with van der Waals surface area (Å²) in [7, 11) is 0. The molecule has 0 aliphatic carbocycles. The molecular formula is C13H18BrNO2. The van der Waals surface area contributed by atoms with Crippen LogP contribution in [-0.2, 0) is 4.74 Å². The highest BCUT2D eigenvalue weighted by molar-refractivity contribution is 9.10. The van der Waals surface area contributed by atoms with Gasteiger partial charge in [-0.3, -0.25) is 0 Å². The second-order valence-electron chi connectivity index (χ2n) is 3.87. The predicted molar refractivity (Wildman–Crippen MR) is 73.5 cm³/mol. The highest BCUT2D eigenvalue weighted by Crippen LogP contribution is 2.25. The van der Waals surface area contributed by atoms with Crippen molar-refractivity contribution < 1.29 is 9.53 Å². The third-order valence-electron chi connectivity index (χ3n) is 2.49. The van der Waals surface area contributed by atoms with Gasteiger partial charge in [-0.1, -0.05) is 6.92 Å². The third-order valence-corrected chi connectivity index (χ3v) is 3.15. The van der Waals surface area contributed by atoms with Crippen molar-refractivity contribution in [1.82, 2.24) is 0 Å². The van der Waals surface area contributed by atoms with E-state index in [-0.39, 0.29) is 5.97 Å². The minimum Gasteiger partial charge on any atom is -0.462 e. The van der Waals surface area contributed by atoms with Crippen LogP contribution in [-0.4, -0.2) is 18.6 Å². The van der Waals surface area contributed by atoms with Gasteiger partial charge >= 0.3 is 5.97 Å². The van der Waals surface area contributed by atoms with Crippen molar-refractivity contribution >= 4 is 27.6 Å². The van der Waals surface area contributed by atoms with Crippen LogP contribution in [0.5, 0.6) is 0 Å². The van der Waals surface area contributed by atoms with Crippen molar-refractivity contribution in [1.29, 1.82) is 0 Å². The Bertz CT molecular complexity index is 393. The van der Waals surface area contributed by atoms with Crippen LogP contribution in [0.3, 0.4) is 0 Å². The first-order valence-corrected chi connectivity index (χ1v) is 6.61. The summed E-state index contributed by atoms with van der Waals surface area (Å²) < 4.78 is 5.82. The lowest BCUT2D eigenvalue weighted by molar-refractivity contribution is 0.0526. The molecule has 0 spiro atoms. The standard InChI is InChI=1S/C13H18BrNO2/c1-4-9(3)15-12-7-6-10(8-11(12)14)13(16)17-5-2/h6-9,15H,4-5H2,1-3H3. The molecule has 3 nitrogen and oxygen atoms in total. The van der Waals surface area contributed by atoms with Crippen LogP contribution < -0.4 is 5.32 Å². The molecule has 0 saturated carbocycles. The lowest BCUT2D eigenvalue weighted by Gasteiger charge is -2.15. The molecule has 0 aromatic heterocycles. The smallest absolute Gasteiger partial charge is 0.338 e. The normalized spacial score (nSPS) is 12.0. The summed E-state index contributed by atoms with van der Waals surface area (Å²) in [4.78, 5) is 11.5. The van der Waals surface area contributed by atoms with Gasteiger partial charge in [0.05, 0.1) is 12.2 Å². The fourth-order valence-corrected chi connectivity index (χ4v) is 1.83. The van der Waals surface area contributed by atoms with Gasteiger partial charge in [-0.05, 0) is 54.4 Å². The maximum Gasteiger partial charge on any atom is 0.338 e. The summed E-state index contributed by atoms with van der Waals surface area (Å²) in [6.45, 7) is 6.43. The molecule has 0 heterocycles. The number of anilines is 1. The van der Waals surface area contributed by atoms with Gasteiger partial charge in [0.15, 0.2) is 0 Å². The number of carbonyl (C=O) groups excluding carboxylic acids is 1. The summed E-state index contributed by atoms with van der Waals surface area (Å²) >= 11 is 3.45. The van der Waals surface area contributed by atoms with E-state index < -0.39 is 0 Å².